The molecule has 0 spiro atoms. The number of rotatable bonds is 1. The highest BCUT2D eigenvalue weighted by Crippen LogP contribution is 2.22. The highest BCUT2D eigenvalue weighted by atomic mass is 16.5. The number of hydrogen-bond acceptors (Lipinski definition) is 4. The molecular formula is C7H10N2O2. The molecule has 1 aliphatic heterocycles. The lowest BCUT2D eigenvalue weighted by atomic mass is 10.1. The van der Waals surface area contributed by atoms with Crippen molar-refractivity contribution in [2.75, 3.05) is 13.2 Å². The van der Waals surface area contributed by atoms with Crippen molar-refractivity contribution < 1.29 is 9.26 Å². The van der Waals surface area contributed by atoms with E-state index in [1.54, 1.807) is 0 Å². The van der Waals surface area contributed by atoms with Crippen LogP contribution in [0.2, 0.25) is 0 Å². The molecule has 1 aliphatic rings. The van der Waals surface area contributed by atoms with Crippen LogP contribution in [0.5, 0.6) is 0 Å². The molecule has 0 bridgehead atoms. The van der Waals surface area contributed by atoms with Crippen LogP contribution in [0.15, 0.2) is 4.52 Å². The molecule has 1 atom stereocenters. The predicted molar refractivity (Wildman–Crippen MR) is 37.2 cm³/mol. The first kappa shape index (κ1) is 6.79. The van der Waals surface area contributed by atoms with Crippen LogP contribution in [0, 0.1) is 6.92 Å². The molecule has 1 saturated heterocycles. The molecule has 0 amide bonds. The minimum atomic E-state index is 0.330. The zero-order valence-corrected chi connectivity index (χ0v) is 6.41. The van der Waals surface area contributed by atoms with Gasteiger partial charge < -0.3 is 9.26 Å². The smallest absolute Gasteiger partial charge is 0.232 e. The normalized spacial score (nSPS) is 24.3. The van der Waals surface area contributed by atoms with E-state index in [1.807, 2.05) is 6.92 Å². The van der Waals surface area contributed by atoms with Gasteiger partial charge in [0.25, 0.3) is 0 Å². The fourth-order valence-electron chi connectivity index (χ4n) is 1.21. The van der Waals surface area contributed by atoms with E-state index in [2.05, 4.69) is 10.1 Å². The van der Waals surface area contributed by atoms with Gasteiger partial charge in [-0.15, -0.1) is 0 Å². The van der Waals surface area contributed by atoms with Crippen LogP contribution in [-0.4, -0.2) is 23.4 Å². The van der Waals surface area contributed by atoms with E-state index in [9.17, 15) is 0 Å². The monoisotopic (exact) mass is 154 g/mol. The molecule has 0 radical (unpaired) electrons. The molecule has 11 heavy (non-hydrogen) atoms. The first-order valence-electron chi connectivity index (χ1n) is 3.74. The molecule has 1 unspecified atom stereocenters. The molecule has 0 saturated carbocycles. The third-order valence-corrected chi connectivity index (χ3v) is 1.82. The Morgan fingerprint density at radius 3 is 3.00 bits per heavy atom. The lowest BCUT2D eigenvalue weighted by molar-refractivity contribution is 0.189. The molecule has 4 nitrogen and oxygen atoms in total. The van der Waals surface area contributed by atoms with Crippen molar-refractivity contribution >= 4 is 0 Å². The zero-order valence-electron chi connectivity index (χ0n) is 6.41. The average molecular weight is 154 g/mol. The van der Waals surface area contributed by atoms with Gasteiger partial charge in [-0.3, -0.25) is 0 Å². The van der Waals surface area contributed by atoms with Crippen LogP contribution in [0.4, 0.5) is 0 Å². The van der Waals surface area contributed by atoms with Crippen molar-refractivity contribution in [2.24, 2.45) is 0 Å². The Labute approximate surface area is 64.5 Å². The number of ether oxygens (including phenoxy) is 1. The Balaban J connectivity index is 2.15. The van der Waals surface area contributed by atoms with Crippen LogP contribution < -0.4 is 0 Å². The summed E-state index contributed by atoms with van der Waals surface area (Å²) >= 11 is 0. The minimum absolute atomic E-state index is 0.330. The van der Waals surface area contributed by atoms with Crippen molar-refractivity contribution in [2.45, 2.75) is 19.3 Å². The van der Waals surface area contributed by atoms with Crippen molar-refractivity contribution in [3.8, 4) is 0 Å². The molecule has 1 fully saturated rings. The summed E-state index contributed by atoms with van der Waals surface area (Å²) in [6.45, 7) is 3.36. The second kappa shape index (κ2) is 2.62. The molecule has 2 rings (SSSR count). The molecule has 1 aromatic heterocycles. The quantitative estimate of drug-likeness (QED) is 0.602. The van der Waals surface area contributed by atoms with Crippen molar-refractivity contribution in [1.82, 2.24) is 10.1 Å². The van der Waals surface area contributed by atoms with Gasteiger partial charge in [-0.25, -0.2) is 0 Å². The summed E-state index contributed by atoms with van der Waals surface area (Å²) in [7, 11) is 0. The summed E-state index contributed by atoms with van der Waals surface area (Å²) < 4.78 is 10.2. The first-order valence-corrected chi connectivity index (χ1v) is 3.74. The van der Waals surface area contributed by atoms with E-state index >= 15 is 0 Å². The van der Waals surface area contributed by atoms with Crippen LogP contribution in [0.3, 0.4) is 0 Å². The second-order valence-corrected chi connectivity index (χ2v) is 2.74. The summed E-state index contributed by atoms with van der Waals surface area (Å²) in [5, 5.41) is 3.72. The van der Waals surface area contributed by atoms with Crippen LogP contribution in [0.1, 0.15) is 24.1 Å². The molecule has 0 N–H and O–H groups in total. The lowest BCUT2D eigenvalue weighted by Gasteiger charge is -1.96. The fraction of sp³-hybridized carbons (Fsp3) is 0.714. The van der Waals surface area contributed by atoms with E-state index in [0.29, 0.717) is 11.7 Å². The highest BCUT2D eigenvalue weighted by Gasteiger charge is 2.22. The maximum absolute atomic E-state index is 5.19. The van der Waals surface area contributed by atoms with Gasteiger partial charge in [0.05, 0.1) is 12.5 Å². The molecular weight excluding hydrogens is 144 g/mol. The minimum Gasteiger partial charge on any atom is -0.381 e. The first-order chi connectivity index (χ1) is 5.36. The molecule has 1 aromatic rings. The maximum Gasteiger partial charge on any atom is 0.232 e. The Bertz CT molecular complexity index is 240. The van der Waals surface area contributed by atoms with E-state index in [0.717, 1.165) is 25.5 Å². The summed E-state index contributed by atoms with van der Waals surface area (Å²) in [5.74, 6) is 1.75. The van der Waals surface area contributed by atoms with Crippen LogP contribution in [-0.2, 0) is 4.74 Å². The van der Waals surface area contributed by atoms with Crippen molar-refractivity contribution in [3.63, 3.8) is 0 Å². The van der Waals surface area contributed by atoms with Crippen molar-refractivity contribution in [3.05, 3.63) is 11.7 Å². The number of aromatic nitrogens is 2. The van der Waals surface area contributed by atoms with E-state index in [1.165, 1.54) is 0 Å². The summed E-state index contributed by atoms with van der Waals surface area (Å²) in [6, 6.07) is 0. The van der Waals surface area contributed by atoms with Gasteiger partial charge in [0.15, 0.2) is 5.82 Å². The third kappa shape index (κ3) is 1.26. The van der Waals surface area contributed by atoms with Gasteiger partial charge in [-0.05, 0) is 13.3 Å². The van der Waals surface area contributed by atoms with Gasteiger partial charge in [-0.2, -0.15) is 4.98 Å². The Morgan fingerprint density at radius 1 is 1.55 bits per heavy atom. The van der Waals surface area contributed by atoms with Gasteiger partial charge in [-0.1, -0.05) is 5.16 Å². The van der Waals surface area contributed by atoms with E-state index < -0.39 is 0 Å². The maximum atomic E-state index is 5.19. The number of aryl methyl sites for hydroxylation is 1. The van der Waals surface area contributed by atoms with E-state index in [-0.39, 0.29) is 0 Å². The molecule has 2 heterocycles. The Morgan fingerprint density at radius 2 is 2.45 bits per heavy atom. The van der Waals surface area contributed by atoms with Gasteiger partial charge in [0, 0.05) is 6.61 Å². The standard InChI is InChI=1S/C7H10N2O2/c1-5-8-7(11-9-5)6-2-3-10-4-6/h6H,2-4H2,1H3. The SMILES string of the molecule is Cc1noc(C2CCOC2)n1. The molecule has 0 aromatic carbocycles. The van der Waals surface area contributed by atoms with Crippen molar-refractivity contribution in [1.29, 1.82) is 0 Å². The summed E-state index contributed by atoms with van der Waals surface area (Å²) in [6.07, 6.45) is 1.00. The Hall–Kier alpha value is -0.900. The summed E-state index contributed by atoms with van der Waals surface area (Å²) in [4.78, 5) is 4.13. The Kier molecular flexibility index (Phi) is 1.62. The highest BCUT2D eigenvalue weighted by molar-refractivity contribution is 4.94. The fourth-order valence-corrected chi connectivity index (χ4v) is 1.21. The summed E-state index contributed by atoms with van der Waals surface area (Å²) in [5.41, 5.74) is 0. The predicted octanol–water partition coefficient (Wildman–Crippen LogP) is 0.882. The zero-order chi connectivity index (χ0) is 7.68. The van der Waals surface area contributed by atoms with E-state index in [4.69, 9.17) is 9.26 Å². The average Bonchev–Trinajstić information content (AvgIpc) is 2.55. The largest absolute Gasteiger partial charge is 0.381 e. The third-order valence-electron chi connectivity index (χ3n) is 1.82. The van der Waals surface area contributed by atoms with Gasteiger partial charge >= 0.3 is 0 Å². The topological polar surface area (TPSA) is 48.2 Å². The van der Waals surface area contributed by atoms with Gasteiger partial charge in [0.1, 0.15) is 0 Å². The molecule has 4 heteroatoms. The molecule has 0 aliphatic carbocycles. The van der Waals surface area contributed by atoms with Crippen LogP contribution in [0.25, 0.3) is 0 Å². The van der Waals surface area contributed by atoms with Gasteiger partial charge in [0.2, 0.25) is 5.89 Å². The van der Waals surface area contributed by atoms with Crippen LogP contribution >= 0.6 is 0 Å². The second-order valence-electron chi connectivity index (χ2n) is 2.74. The lowest BCUT2D eigenvalue weighted by Crippen LogP contribution is -1.97. The molecule has 60 valence electrons. The number of hydrogen-bond donors (Lipinski definition) is 0. The number of nitrogens with zero attached hydrogens (tertiary/aromatic N) is 2.